The van der Waals surface area contributed by atoms with Gasteiger partial charge in [0.2, 0.25) is 0 Å². The van der Waals surface area contributed by atoms with Gasteiger partial charge >= 0.3 is 12.1 Å². The van der Waals surface area contributed by atoms with Crippen molar-refractivity contribution in [3.63, 3.8) is 0 Å². The number of carboxylic acids is 1. The van der Waals surface area contributed by atoms with Gasteiger partial charge in [-0.15, -0.1) is 0 Å². The first-order chi connectivity index (χ1) is 12.6. The Morgan fingerprint density at radius 3 is 2.37 bits per heavy atom. The number of nitrogens with zero attached hydrogens (tertiary/aromatic N) is 3. The SMILES string of the molecule is Cc1cc(C(=O)NCCNc2cccnc2)nc(C)n1.O=C(O)C(F)(F)F. The molecule has 0 unspecified atom stereocenters. The lowest BCUT2D eigenvalue weighted by Crippen LogP contribution is -2.29. The Morgan fingerprint density at radius 1 is 1.19 bits per heavy atom. The topological polar surface area (TPSA) is 117 Å². The highest BCUT2D eigenvalue weighted by atomic mass is 19.4. The highest BCUT2D eigenvalue weighted by Gasteiger charge is 2.38. The fourth-order valence-electron chi connectivity index (χ4n) is 1.77. The van der Waals surface area contributed by atoms with E-state index < -0.39 is 12.1 Å². The zero-order chi connectivity index (χ0) is 20.4. The van der Waals surface area contributed by atoms with Crippen LogP contribution in [0, 0.1) is 13.8 Å². The molecule has 11 heteroatoms. The molecule has 0 fully saturated rings. The molecule has 2 aromatic heterocycles. The van der Waals surface area contributed by atoms with E-state index in [1.807, 2.05) is 19.1 Å². The first-order valence-electron chi connectivity index (χ1n) is 7.64. The molecular formula is C16H18F3N5O3. The van der Waals surface area contributed by atoms with Crippen LogP contribution in [0.15, 0.2) is 30.6 Å². The van der Waals surface area contributed by atoms with E-state index in [1.165, 1.54) is 0 Å². The lowest BCUT2D eigenvalue weighted by Gasteiger charge is -2.08. The highest BCUT2D eigenvalue weighted by molar-refractivity contribution is 5.92. The number of hydrogen-bond donors (Lipinski definition) is 3. The quantitative estimate of drug-likeness (QED) is 0.674. The number of amides is 1. The molecule has 0 aliphatic carbocycles. The van der Waals surface area contributed by atoms with Crippen molar-refractivity contribution in [3.05, 3.63) is 47.8 Å². The number of aromatic nitrogens is 3. The molecule has 0 aliphatic heterocycles. The Labute approximate surface area is 152 Å². The zero-order valence-electron chi connectivity index (χ0n) is 14.5. The summed E-state index contributed by atoms with van der Waals surface area (Å²) in [4.78, 5) is 33.1. The summed E-state index contributed by atoms with van der Waals surface area (Å²) in [5.74, 6) is -2.34. The van der Waals surface area contributed by atoms with Crippen LogP contribution in [-0.4, -0.2) is 51.2 Å². The first kappa shape index (κ1) is 21.8. The molecule has 3 N–H and O–H groups in total. The van der Waals surface area contributed by atoms with Gasteiger partial charge in [-0.3, -0.25) is 9.78 Å². The second-order valence-electron chi connectivity index (χ2n) is 5.17. The average Bonchev–Trinajstić information content (AvgIpc) is 2.58. The van der Waals surface area contributed by atoms with Gasteiger partial charge in [0, 0.05) is 31.2 Å². The van der Waals surface area contributed by atoms with Crippen LogP contribution in [-0.2, 0) is 4.79 Å². The van der Waals surface area contributed by atoms with Crippen molar-refractivity contribution in [2.45, 2.75) is 20.0 Å². The fourth-order valence-corrected chi connectivity index (χ4v) is 1.77. The molecule has 27 heavy (non-hydrogen) atoms. The largest absolute Gasteiger partial charge is 0.490 e. The molecule has 2 rings (SSSR count). The molecule has 0 bridgehead atoms. The number of anilines is 1. The second-order valence-corrected chi connectivity index (χ2v) is 5.17. The Kier molecular flexibility index (Phi) is 8.11. The van der Waals surface area contributed by atoms with Crippen molar-refractivity contribution in [1.29, 1.82) is 0 Å². The summed E-state index contributed by atoms with van der Waals surface area (Å²) < 4.78 is 31.7. The van der Waals surface area contributed by atoms with Gasteiger partial charge in [-0.05, 0) is 32.0 Å². The third-order valence-electron chi connectivity index (χ3n) is 2.84. The minimum Gasteiger partial charge on any atom is -0.475 e. The van der Waals surface area contributed by atoms with E-state index >= 15 is 0 Å². The van der Waals surface area contributed by atoms with Crippen LogP contribution in [0.1, 0.15) is 22.0 Å². The maximum absolute atomic E-state index is 11.9. The number of nitrogens with one attached hydrogen (secondary N) is 2. The van der Waals surface area contributed by atoms with E-state index in [4.69, 9.17) is 9.90 Å². The summed E-state index contributed by atoms with van der Waals surface area (Å²) in [5.41, 5.74) is 2.11. The predicted molar refractivity (Wildman–Crippen MR) is 90.3 cm³/mol. The average molecular weight is 385 g/mol. The molecule has 0 spiro atoms. The molecule has 0 saturated carbocycles. The molecule has 146 valence electrons. The molecule has 0 radical (unpaired) electrons. The molecule has 8 nitrogen and oxygen atoms in total. The monoisotopic (exact) mass is 385 g/mol. The number of aryl methyl sites for hydroxylation is 2. The molecule has 2 aromatic rings. The van der Waals surface area contributed by atoms with Gasteiger partial charge in [-0.2, -0.15) is 13.2 Å². The van der Waals surface area contributed by atoms with E-state index in [1.54, 1.807) is 25.4 Å². The number of carbonyl (C=O) groups excluding carboxylic acids is 1. The summed E-state index contributed by atoms with van der Waals surface area (Å²) in [5, 5.41) is 13.1. The lowest BCUT2D eigenvalue weighted by atomic mass is 10.3. The van der Waals surface area contributed by atoms with Gasteiger partial charge in [0.15, 0.2) is 0 Å². The van der Waals surface area contributed by atoms with Crippen molar-refractivity contribution in [3.8, 4) is 0 Å². The van der Waals surface area contributed by atoms with Crippen molar-refractivity contribution in [2.24, 2.45) is 0 Å². The molecule has 0 aromatic carbocycles. The van der Waals surface area contributed by atoms with Crippen molar-refractivity contribution < 1.29 is 27.9 Å². The normalized spacial score (nSPS) is 10.4. The third kappa shape index (κ3) is 8.61. The van der Waals surface area contributed by atoms with Crippen LogP contribution in [0.3, 0.4) is 0 Å². The summed E-state index contributed by atoms with van der Waals surface area (Å²) in [6, 6.07) is 5.45. The van der Waals surface area contributed by atoms with Crippen molar-refractivity contribution >= 4 is 17.6 Å². The van der Waals surface area contributed by atoms with Gasteiger partial charge in [-0.25, -0.2) is 14.8 Å². The van der Waals surface area contributed by atoms with Crippen LogP contribution < -0.4 is 10.6 Å². The first-order valence-corrected chi connectivity index (χ1v) is 7.64. The number of halogens is 3. The predicted octanol–water partition coefficient (Wildman–Crippen LogP) is 1.96. The zero-order valence-corrected chi connectivity index (χ0v) is 14.5. The van der Waals surface area contributed by atoms with E-state index in [0.717, 1.165) is 11.4 Å². The van der Waals surface area contributed by atoms with E-state index in [0.29, 0.717) is 24.6 Å². The molecule has 0 atom stereocenters. The minimum atomic E-state index is -5.08. The minimum absolute atomic E-state index is 0.188. The van der Waals surface area contributed by atoms with Gasteiger partial charge in [0.05, 0.1) is 5.69 Å². The number of hydrogen-bond acceptors (Lipinski definition) is 6. The standard InChI is InChI=1S/C14H17N5O.C2HF3O2/c1-10-8-13(19-11(2)18-10)14(20)17-7-6-16-12-4-3-5-15-9-12;3-2(4,5)1(6)7/h3-5,8-9,16H,6-7H2,1-2H3,(H,17,20);(H,6,7). The number of carbonyl (C=O) groups is 2. The molecule has 1 amide bonds. The Hall–Kier alpha value is -3.24. The number of alkyl halides is 3. The number of pyridine rings is 1. The number of aliphatic carboxylic acids is 1. The Balaban J connectivity index is 0.000000445. The van der Waals surface area contributed by atoms with E-state index in [-0.39, 0.29) is 5.91 Å². The smallest absolute Gasteiger partial charge is 0.475 e. The number of rotatable bonds is 5. The second kappa shape index (κ2) is 10.0. The molecular weight excluding hydrogens is 367 g/mol. The van der Waals surface area contributed by atoms with Crippen molar-refractivity contribution in [1.82, 2.24) is 20.3 Å². The van der Waals surface area contributed by atoms with Crippen LogP contribution in [0.5, 0.6) is 0 Å². The maximum Gasteiger partial charge on any atom is 0.490 e. The number of carboxylic acid groups (broad SMARTS) is 1. The fraction of sp³-hybridized carbons (Fsp3) is 0.312. The van der Waals surface area contributed by atoms with Crippen LogP contribution in [0.2, 0.25) is 0 Å². The summed E-state index contributed by atoms with van der Waals surface area (Å²) in [6.45, 7) is 4.75. The maximum atomic E-state index is 11.9. The van der Waals surface area contributed by atoms with Crippen molar-refractivity contribution in [2.75, 3.05) is 18.4 Å². The van der Waals surface area contributed by atoms with E-state index in [2.05, 4.69) is 25.6 Å². The molecule has 0 aliphatic rings. The summed E-state index contributed by atoms with van der Waals surface area (Å²) in [6.07, 6.45) is -1.63. The van der Waals surface area contributed by atoms with Gasteiger partial charge in [-0.1, -0.05) is 0 Å². The van der Waals surface area contributed by atoms with Gasteiger partial charge in [0.1, 0.15) is 11.5 Å². The Bertz CT molecular complexity index is 749. The molecule has 0 saturated heterocycles. The Morgan fingerprint density at radius 2 is 1.85 bits per heavy atom. The van der Waals surface area contributed by atoms with Crippen LogP contribution in [0.4, 0.5) is 18.9 Å². The molecule has 2 heterocycles. The van der Waals surface area contributed by atoms with E-state index in [9.17, 15) is 18.0 Å². The summed E-state index contributed by atoms with van der Waals surface area (Å²) in [7, 11) is 0. The summed E-state index contributed by atoms with van der Waals surface area (Å²) >= 11 is 0. The van der Waals surface area contributed by atoms with Gasteiger partial charge in [0.25, 0.3) is 5.91 Å². The highest BCUT2D eigenvalue weighted by Crippen LogP contribution is 2.13. The lowest BCUT2D eigenvalue weighted by molar-refractivity contribution is -0.192. The van der Waals surface area contributed by atoms with Gasteiger partial charge < -0.3 is 15.7 Å². The third-order valence-corrected chi connectivity index (χ3v) is 2.84. The van der Waals surface area contributed by atoms with Crippen LogP contribution in [0.25, 0.3) is 0 Å². The van der Waals surface area contributed by atoms with Crippen LogP contribution >= 0.6 is 0 Å².